The van der Waals surface area contributed by atoms with E-state index < -0.39 is 0 Å². The maximum absolute atomic E-state index is 11.7. The summed E-state index contributed by atoms with van der Waals surface area (Å²) in [4.78, 5) is 13.9. The Hall–Kier alpha value is -0.320. The third-order valence-corrected chi connectivity index (χ3v) is 2.63. The summed E-state index contributed by atoms with van der Waals surface area (Å²) in [6.07, 6.45) is 2.28. The van der Waals surface area contributed by atoms with Crippen LogP contribution in [0.3, 0.4) is 0 Å². The number of amides is 1. The normalized spacial score (nSPS) is 21.6. The molecule has 0 radical (unpaired) electrons. The first-order chi connectivity index (χ1) is 6.92. The number of likely N-dealkylation sites (tertiary alicyclic amines) is 1. The molecule has 1 amide bonds. The topological polar surface area (TPSA) is 58.4 Å². The number of carbonyl (C=O) groups is 1. The van der Waals surface area contributed by atoms with Gasteiger partial charge in [0.25, 0.3) is 0 Å². The summed E-state index contributed by atoms with van der Waals surface area (Å²) < 4.78 is 0. The predicted octanol–water partition coefficient (Wildman–Crippen LogP) is 0.746. The highest BCUT2D eigenvalue weighted by molar-refractivity contribution is 5.85. The molecular weight excluding hydrogens is 226 g/mol. The van der Waals surface area contributed by atoms with Crippen molar-refractivity contribution in [2.24, 2.45) is 5.73 Å². The molecule has 1 aliphatic heterocycles. The van der Waals surface area contributed by atoms with Crippen LogP contribution in [0, 0.1) is 0 Å². The molecule has 0 aromatic carbocycles. The second-order valence-corrected chi connectivity index (χ2v) is 5.30. The number of rotatable bonds is 3. The largest absolute Gasteiger partial charge is 0.350 e. The van der Waals surface area contributed by atoms with Crippen LogP contribution < -0.4 is 11.1 Å². The van der Waals surface area contributed by atoms with Crippen molar-refractivity contribution in [3.63, 3.8) is 0 Å². The second-order valence-electron chi connectivity index (χ2n) is 5.30. The van der Waals surface area contributed by atoms with E-state index in [9.17, 15) is 4.79 Å². The van der Waals surface area contributed by atoms with Crippen LogP contribution in [-0.4, -0.2) is 42.0 Å². The van der Waals surface area contributed by atoms with Gasteiger partial charge in [-0.25, -0.2) is 0 Å². The van der Waals surface area contributed by atoms with E-state index >= 15 is 0 Å². The van der Waals surface area contributed by atoms with E-state index in [1.54, 1.807) is 0 Å². The number of halogens is 1. The Kier molecular flexibility index (Phi) is 6.30. The van der Waals surface area contributed by atoms with Gasteiger partial charge in [-0.3, -0.25) is 9.69 Å². The summed E-state index contributed by atoms with van der Waals surface area (Å²) in [6.45, 7) is 8.13. The molecule has 1 unspecified atom stereocenters. The molecule has 0 spiro atoms. The molecule has 0 aromatic heterocycles. The van der Waals surface area contributed by atoms with Crippen LogP contribution in [0.15, 0.2) is 0 Å². The van der Waals surface area contributed by atoms with E-state index in [4.69, 9.17) is 5.73 Å². The number of nitrogens with one attached hydrogen (secondary N) is 1. The van der Waals surface area contributed by atoms with Crippen LogP contribution in [0.2, 0.25) is 0 Å². The van der Waals surface area contributed by atoms with Crippen molar-refractivity contribution in [2.45, 2.75) is 45.2 Å². The standard InChI is InChI=1S/C11H23N3O.ClH/c1-11(2,3)13-10(15)8-14-6-4-5-9(14)7-12;/h9H,4-8,12H2,1-3H3,(H,13,15);1H. The molecule has 1 heterocycles. The van der Waals surface area contributed by atoms with Gasteiger partial charge in [-0.1, -0.05) is 0 Å². The predicted molar refractivity (Wildman–Crippen MR) is 68.8 cm³/mol. The number of carbonyl (C=O) groups excluding carboxylic acids is 1. The van der Waals surface area contributed by atoms with Crippen LogP contribution in [0.1, 0.15) is 33.6 Å². The summed E-state index contributed by atoms with van der Waals surface area (Å²) in [6, 6.07) is 0.399. The molecular formula is C11H24ClN3O. The Morgan fingerprint density at radius 2 is 2.12 bits per heavy atom. The Labute approximate surface area is 104 Å². The Balaban J connectivity index is 0.00000225. The quantitative estimate of drug-likeness (QED) is 0.776. The summed E-state index contributed by atoms with van der Waals surface area (Å²) in [5.74, 6) is 0.0999. The zero-order chi connectivity index (χ0) is 11.5. The maximum Gasteiger partial charge on any atom is 0.234 e. The number of hydrogen-bond acceptors (Lipinski definition) is 3. The van der Waals surface area contributed by atoms with E-state index in [1.807, 2.05) is 20.8 Å². The van der Waals surface area contributed by atoms with Gasteiger partial charge >= 0.3 is 0 Å². The summed E-state index contributed by atoms with van der Waals surface area (Å²) in [5, 5.41) is 2.97. The van der Waals surface area contributed by atoms with Gasteiger partial charge in [0.2, 0.25) is 5.91 Å². The molecule has 0 saturated carbocycles. The highest BCUT2D eigenvalue weighted by Crippen LogP contribution is 2.15. The van der Waals surface area contributed by atoms with Crippen LogP contribution in [0.25, 0.3) is 0 Å². The van der Waals surface area contributed by atoms with Crippen LogP contribution in [0.5, 0.6) is 0 Å². The first-order valence-electron chi connectivity index (χ1n) is 5.67. The van der Waals surface area contributed by atoms with E-state index in [2.05, 4.69) is 10.2 Å². The fraction of sp³-hybridized carbons (Fsp3) is 0.909. The summed E-state index contributed by atoms with van der Waals surface area (Å²) >= 11 is 0. The first kappa shape index (κ1) is 15.7. The molecule has 0 bridgehead atoms. The number of nitrogens with zero attached hydrogens (tertiary/aromatic N) is 1. The number of hydrogen-bond donors (Lipinski definition) is 2. The van der Waals surface area contributed by atoms with E-state index in [0.717, 1.165) is 19.4 Å². The average molecular weight is 250 g/mol. The Morgan fingerprint density at radius 3 is 2.62 bits per heavy atom. The molecule has 4 nitrogen and oxygen atoms in total. The minimum atomic E-state index is -0.144. The zero-order valence-corrected chi connectivity index (χ0v) is 11.3. The highest BCUT2D eigenvalue weighted by Gasteiger charge is 2.25. The lowest BCUT2D eigenvalue weighted by atomic mass is 10.1. The highest BCUT2D eigenvalue weighted by atomic mass is 35.5. The van der Waals surface area contributed by atoms with E-state index in [1.165, 1.54) is 0 Å². The summed E-state index contributed by atoms with van der Waals surface area (Å²) in [5.41, 5.74) is 5.51. The van der Waals surface area contributed by atoms with Crippen molar-refractivity contribution in [1.29, 1.82) is 0 Å². The van der Waals surface area contributed by atoms with Gasteiger partial charge in [-0.05, 0) is 40.2 Å². The van der Waals surface area contributed by atoms with Crippen LogP contribution in [0.4, 0.5) is 0 Å². The van der Waals surface area contributed by atoms with E-state index in [0.29, 0.717) is 19.1 Å². The molecule has 1 atom stereocenters. The fourth-order valence-corrected chi connectivity index (χ4v) is 2.01. The summed E-state index contributed by atoms with van der Waals surface area (Å²) in [7, 11) is 0. The maximum atomic E-state index is 11.7. The lowest BCUT2D eigenvalue weighted by Crippen LogP contribution is -2.48. The molecule has 1 rings (SSSR count). The lowest BCUT2D eigenvalue weighted by Gasteiger charge is -2.26. The fourth-order valence-electron chi connectivity index (χ4n) is 2.01. The van der Waals surface area contributed by atoms with Gasteiger partial charge in [0.1, 0.15) is 0 Å². The average Bonchev–Trinajstić information content (AvgIpc) is 2.48. The van der Waals surface area contributed by atoms with Gasteiger partial charge in [0.15, 0.2) is 0 Å². The van der Waals surface area contributed by atoms with Crippen LogP contribution >= 0.6 is 12.4 Å². The third-order valence-electron chi connectivity index (χ3n) is 2.63. The zero-order valence-electron chi connectivity index (χ0n) is 10.5. The minimum absolute atomic E-state index is 0. The second kappa shape index (κ2) is 6.42. The molecule has 5 heteroatoms. The van der Waals surface area contributed by atoms with Gasteiger partial charge in [-0.2, -0.15) is 0 Å². The van der Waals surface area contributed by atoms with Crippen molar-refractivity contribution >= 4 is 18.3 Å². The van der Waals surface area contributed by atoms with Gasteiger partial charge in [0.05, 0.1) is 6.54 Å². The van der Waals surface area contributed by atoms with Crippen molar-refractivity contribution in [3.05, 3.63) is 0 Å². The van der Waals surface area contributed by atoms with Crippen molar-refractivity contribution in [1.82, 2.24) is 10.2 Å². The van der Waals surface area contributed by atoms with Gasteiger partial charge < -0.3 is 11.1 Å². The molecule has 1 saturated heterocycles. The lowest BCUT2D eigenvalue weighted by molar-refractivity contribution is -0.123. The third kappa shape index (κ3) is 5.14. The number of nitrogens with two attached hydrogens (primary N) is 1. The molecule has 0 aromatic rings. The van der Waals surface area contributed by atoms with Crippen molar-refractivity contribution in [3.8, 4) is 0 Å². The smallest absolute Gasteiger partial charge is 0.234 e. The monoisotopic (exact) mass is 249 g/mol. The molecule has 0 aliphatic carbocycles. The van der Waals surface area contributed by atoms with Crippen molar-refractivity contribution < 1.29 is 4.79 Å². The van der Waals surface area contributed by atoms with Crippen LogP contribution in [-0.2, 0) is 4.79 Å². The SMILES string of the molecule is CC(C)(C)NC(=O)CN1CCCC1CN.Cl. The first-order valence-corrected chi connectivity index (χ1v) is 5.67. The van der Waals surface area contributed by atoms with E-state index in [-0.39, 0.29) is 23.9 Å². The molecule has 1 aliphatic rings. The Morgan fingerprint density at radius 1 is 1.50 bits per heavy atom. The van der Waals surface area contributed by atoms with Crippen molar-refractivity contribution in [2.75, 3.05) is 19.6 Å². The Bertz CT molecular complexity index is 228. The van der Waals surface area contributed by atoms with Gasteiger partial charge in [-0.15, -0.1) is 12.4 Å². The molecule has 3 N–H and O–H groups in total. The molecule has 16 heavy (non-hydrogen) atoms. The molecule has 1 fully saturated rings. The molecule has 96 valence electrons. The minimum Gasteiger partial charge on any atom is -0.350 e. The van der Waals surface area contributed by atoms with Gasteiger partial charge in [0, 0.05) is 18.1 Å².